The first-order valence-electron chi connectivity index (χ1n) is 6.13. The maximum atomic E-state index is 13.6. The van der Waals surface area contributed by atoms with E-state index < -0.39 is 22.2 Å². The Morgan fingerprint density at radius 1 is 1.38 bits per heavy atom. The standard InChI is InChI=1S/C13H13F2N3O2S/c1-6-13(21-8(3)16-6)7(2)17-11-5-9(14)4-10(15)12(11)18(19)20/h4-5,7,17H,1-3H3. The Morgan fingerprint density at radius 3 is 2.57 bits per heavy atom. The molecule has 0 aliphatic rings. The Balaban J connectivity index is 2.39. The number of hydrogen-bond acceptors (Lipinski definition) is 5. The number of nitro groups is 1. The van der Waals surface area contributed by atoms with Gasteiger partial charge in [-0.1, -0.05) is 0 Å². The van der Waals surface area contributed by atoms with Crippen LogP contribution in [-0.2, 0) is 0 Å². The predicted molar refractivity (Wildman–Crippen MR) is 76.6 cm³/mol. The number of aryl methyl sites for hydroxylation is 2. The molecule has 2 rings (SSSR count). The van der Waals surface area contributed by atoms with Gasteiger partial charge in [-0.25, -0.2) is 9.37 Å². The zero-order valence-electron chi connectivity index (χ0n) is 11.6. The molecular weight excluding hydrogens is 300 g/mol. The summed E-state index contributed by atoms with van der Waals surface area (Å²) in [6, 6.07) is 1.06. The third kappa shape index (κ3) is 3.15. The van der Waals surface area contributed by atoms with Crippen LogP contribution in [0.1, 0.15) is 28.5 Å². The average molecular weight is 313 g/mol. The Bertz CT molecular complexity index is 703. The lowest BCUT2D eigenvalue weighted by Gasteiger charge is -2.14. The maximum Gasteiger partial charge on any atom is 0.327 e. The Morgan fingerprint density at radius 2 is 2.05 bits per heavy atom. The predicted octanol–water partition coefficient (Wildman–Crippen LogP) is 4.12. The van der Waals surface area contributed by atoms with Crippen LogP contribution in [0.25, 0.3) is 0 Å². The molecule has 2 aromatic rings. The molecule has 21 heavy (non-hydrogen) atoms. The maximum absolute atomic E-state index is 13.6. The molecule has 0 aliphatic carbocycles. The summed E-state index contributed by atoms with van der Waals surface area (Å²) in [5.74, 6) is -2.07. The molecule has 1 heterocycles. The van der Waals surface area contributed by atoms with Gasteiger partial charge in [0.2, 0.25) is 5.82 Å². The second-order valence-electron chi connectivity index (χ2n) is 4.59. The van der Waals surface area contributed by atoms with Gasteiger partial charge in [0.25, 0.3) is 0 Å². The van der Waals surface area contributed by atoms with E-state index in [0.29, 0.717) is 6.07 Å². The van der Waals surface area contributed by atoms with E-state index in [1.54, 1.807) is 6.92 Å². The van der Waals surface area contributed by atoms with Crippen LogP contribution in [0.4, 0.5) is 20.2 Å². The first kappa shape index (κ1) is 15.3. The quantitative estimate of drug-likeness (QED) is 0.681. The molecule has 0 spiro atoms. The molecule has 112 valence electrons. The van der Waals surface area contributed by atoms with E-state index in [1.165, 1.54) is 11.3 Å². The van der Waals surface area contributed by atoms with Crippen LogP contribution in [0, 0.1) is 35.6 Å². The fraction of sp³-hybridized carbons (Fsp3) is 0.308. The van der Waals surface area contributed by atoms with E-state index in [1.807, 2.05) is 13.8 Å². The Kier molecular flexibility index (Phi) is 4.17. The second-order valence-corrected chi connectivity index (χ2v) is 5.82. The second kappa shape index (κ2) is 5.72. The number of halogens is 2. The van der Waals surface area contributed by atoms with Gasteiger partial charge < -0.3 is 5.32 Å². The zero-order valence-corrected chi connectivity index (χ0v) is 12.4. The highest BCUT2D eigenvalue weighted by molar-refractivity contribution is 7.11. The molecule has 1 aromatic heterocycles. The van der Waals surface area contributed by atoms with Crippen molar-refractivity contribution >= 4 is 22.7 Å². The lowest BCUT2D eigenvalue weighted by atomic mass is 10.2. The number of nitro benzene ring substituents is 1. The summed E-state index contributed by atoms with van der Waals surface area (Å²) in [5.41, 5.74) is -0.158. The van der Waals surface area contributed by atoms with E-state index in [4.69, 9.17) is 0 Å². The summed E-state index contributed by atoms with van der Waals surface area (Å²) in [6.07, 6.45) is 0. The van der Waals surface area contributed by atoms with Crippen molar-refractivity contribution in [2.24, 2.45) is 0 Å². The molecule has 1 atom stereocenters. The number of nitrogens with one attached hydrogen (secondary N) is 1. The lowest BCUT2D eigenvalue weighted by molar-refractivity contribution is -0.386. The van der Waals surface area contributed by atoms with Gasteiger partial charge in [-0.05, 0) is 20.8 Å². The molecular formula is C13H13F2N3O2S. The number of nitrogens with zero attached hydrogens (tertiary/aromatic N) is 2. The number of thiazole rings is 1. The van der Waals surface area contributed by atoms with Gasteiger partial charge >= 0.3 is 5.69 Å². The van der Waals surface area contributed by atoms with Crippen LogP contribution in [-0.4, -0.2) is 9.91 Å². The molecule has 0 bridgehead atoms. The Hall–Kier alpha value is -2.09. The van der Waals surface area contributed by atoms with Crippen molar-refractivity contribution in [3.8, 4) is 0 Å². The summed E-state index contributed by atoms with van der Waals surface area (Å²) >= 11 is 1.43. The summed E-state index contributed by atoms with van der Waals surface area (Å²) in [5, 5.41) is 14.6. The van der Waals surface area contributed by atoms with Crippen LogP contribution in [0.3, 0.4) is 0 Å². The minimum Gasteiger partial charge on any atom is -0.372 e. The molecule has 1 aromatic carbocycles. The van der Waals surface area contributed by atoms with E-state index in [2.05, 4.69) is 10.3 Å². The number of hydrogen-bond donors (Lipinski definition) is 1. The van der Waals surface area contributed by atoms with Crippen molar-refractivity contribution in [1.82, 2.24) is 4.98 Å². The van der Waals surface area contributed by atoms with Crippen molar-refractivity contribution in [3.63, 3.8) is 0 Å². The SMILES string of the molecule is Cc1nc(C)c(C(C)Nc2cc(F)cc(F)c2[N+](=O)[O-])s1. The molecule has 8 heteroatoms. The van der Waals surface area contributed by atoms with Crippen molar-refractivity contribution in [2.75, 3.05) is 5.32 Å². The number of anilines is 1. The van der Waals surface area contributed by atoms with Gasteiger partial charge in [-0.3, -0.25) is 10.1 Å². The molecule has 0 aliphatic heterocycles. The van der Waals surface area contributed by atoms with Crippen molar-refractivity contribution in [1.29, 1.82) is 0 Å². The van der Waals surface area contributed by atoms with Gasteiger partial charge in [0, 0.05) is 17.0 Å². The third-order valence-corrected chi connectivity index (χ3v) is 4.17. The van der Waals surface area contributed by atoms with Gasteiger partial charge in [-0.2, -0.15) is 4.39 Å². The molecule has 5 nitrogen and oxygen atoms in total. The van der Waals surface area contributed by atoms with E-state index in [9.17, 15) is 18.9 Å². The summed E-state index contributed by atoms with van der Waals surface area (Å²) < 4.78 is 26.9. The summed E-state index contributed by atoms with van der Waals surface area (Å²) in [6.45, 7) is 5.42. The van der Waals surface area contributed by atoms with Gasteiger partial charge in [0.05, 0.1) is 21.7 Å². The van der Waals surface area contributed by atoms with Gasteiger partial charge in [0.15, 0.2) is 0 Å². The smallest absolute Gasteiger partial charge is 0.327 e. The highest BCUT2D eigenvalue weighted by Gasteiger charge is 2.24. The number of aromatic nitrogens is 1. The molecule has 0 amide bonds. The average Bonchev–Trinajstić information content (AvgIpc) is 2.66. The van der Waals surface area contributed by atoms with Crippen molar-refractivity contribution in [3.05, 3.63) is 49.5 Å². The number of benzene rings is 1. The highest BCUT2D eigenvalue weighted by Crippen LogP contribution is 2.33. The zero-order chi connectivity index (χ0) is 15.7. The fourth-order valence-electron chi connectivity index (χ4n) is 2.11. The van der Waals surface area contributed by atoms with E-state index in [-0.39, 0.29) is 11.7 Å². The van der Waals surface area contributed by atoms with Crippen LogP contribution in [0.15, 0.2) is 12.1 Å². The first-order valence-corrected chi connectivity index (χ1v) is 6.95. The molecule has 0 saturated carbocycles. The highest BCUT2D eigenvalue weighted by atomic mass is 32.1. The third-order valence-electron chi connectivity index (χ3n) is 2.92. The van der Waals surface area contributed by atoms with Crippen molar-refractivity contribution in [2.45, 2.75) is 26.8 Å². The van der Waals surface area contributed by atoms with Gasteiger partial charge in [0.1, 0.15) is 11.5 Å². The largest absolute Gasteiger partial charge is 0.372 e. The van der Waals surface area contributed by atoms with Gasteiger partial charge in [-0.15, -0.1) is 11.3 Å². The Labute approximate surface area is 123 Å². The normalized spacial score (nSPS) is 12.2. The fourth-order valence-corrected chi connectivity index (χ4v) is 3.04. The minimum atomic E-state index is -1.20. The van der Waals surface area contributed by atoms with Crippen LogP contribution in [0.2, 0.25) is 0 Å². The molecule has 0 radical (unpaired) electrons. The van der Waals surface area contributed by atoms with Crippen molar-refractivity contribution < 1.29 is 13.7 Å². The monoisotopic (exact) mass is 313 g/mol. The van der Waals surface area contributed by atoms with E-state index >= 15 is 0 Å². The molecule has 0 saturated heterocycles. The molecule has 0 fully saturated rings. The van der Waals surface area contributed by atoms with E-state index in [0.717, 1.165) is 21.6 Å². The van der Waals surface area contributed by atoms with Crippen LogP contribution < -0.4 is 5.32 Å². The van der Waals surface area contributed by atoms with Crippen LogP contribution >= 0.6 is 11.3 Å². The summed E-state index contributed by atoms with van der Waals surface area (Å²) in [7, 11) is 0. The number of rotatable bonds is 4. The topological polar surface area (TPSA) is 68.1 Å². The first-order chi connectivity index (χ1) is 9.79. The van der Waals surface area contributed by atoms with Crippen LogP contribution in [0.5, 0.6) is 0 Å². The molecule has 1 unspecified atom stereocenters. The summed E-state index contributed by atoms with van der Waals surface area (Å²) in [4.78, 5) is 15.2. The molecule has 1 N–H and O–H groups in total. The minimum absolute atomic E-state index is 0.185. The lowest BCUT2D eigenvalue weighted by Crippen LogP contribution is -2.09.